The summed E-state index contributed by atoms with van der Waals surface area (Å²) in [7, 11) is 3.12. The number of nitrogens with zero attached hydrogens (tertiary/aromatic N) is 3. The Morgan fingerprint density at radius 1 is 1.14 bits per heavy atom. The zero-order valence-electron chi connectivity index (χ0n) is 12.0. The molecule has 0 amide bonds. The van der Waals surface area contributed by atoms with Crippen molar-refractivity contribution in [2.45, 2.75) is 0 Å². The number of carbonyl (C=O) groups is 1. The van der Waals surface area contributed by atoms with Crippen LogP contribution in [0, 0.1) is 0 Å². The van der Waals surface area contributed by atoms with Crippen LogP contribution in [0.25, 0.3) is 17.0 Å². The van der Waals surface area contributed by atoms with Gasteiger partial charge in [0.25, 0.3) is 0 Å². The lowest BCUT2D eigenvalue weighted by Crippen LogP contribution is -1.97. The summed E-state index contributed by atoms with van der Waals surface area (Å²) < 4.78 is 12.0. The predicted octanol–water partition coefficient (Wildman–Crippen LogP) is 2.11. The Bertz CT molecular complexity index is 857. The van der Waals surface area contributed by atoms with Gasteiger partial charge in [-0.05, 0) is 30.3 Å². The Morgan fingerprint density at radius 3 is 2.59 bits per heavy atom. The number of ether oxygens (including phenoxy) is 2. The second-order valence-corrected chi connectivity index (χ2v) is 4.53. The molecular weight excluding hydrogens is 286 g/mol. The molecule has 3 rings (SSSR count). The third-order valence-corrected chi connectivity index (χ3v) is 3.23. The first-order valence-corrected chi connectivity index (χ1v) is 6.44. The number of carboxylic acid groups (broad SMARTS) is 1. The largest absolute Gasteiger partial charge is 0.493 e. The minimum atomic E-state index is -1.00. The molecule has 0 saturated carbocycles. The Labute approximate surface area is 125 Å². The molecule has 0 fully saturated rings. The summed E-state index contributed by atoms with van der Waals surface area (Å²) in [5.74, 6) is 0.662. The molecule has 2 aromatic heterocycles. The van der Waals surface area contributed by atoms with Gasteiger partial charge in [0.1, 0.15) is 0 Å². The summed E-state index contributed by atoms with van der Waals surface area (Å²) in [4.78, 5) is 15.3. The molecule has 7 heteroatoms. The van der Waals surface area contributed by atoms with Crippen molar-refractivity contribution in [3.63, 3.8) is 0 Å². The highest BCUT2D eigenvalue weighted by Gasteiger charge is 2.12. The van der Waals surface area contributed by atoms with Gasteiger partial charge < -0.3 is 14.6 Å². The summed E-state index contributed by atoms with van der Waals surface area (Å²) in [5, 5.41) is 13.3. The lowest BCUT2D eigenvalue weighted by molar-refractivity contribution is 0.0697. The molecule has 1 aromatic carbocycles. The molecule has 0 aliphatic carbocycles. The van der Waals surface area contributed by atoms with Gasteiger partial charge in [-0.3, -0.25) is 0 Å². The fraction of sp³-hybridized carbons (Fsp3) is 0.133. The number of fused-ring (bicyclic) bond motifs is 1. The Kier molecular flexibility index (Phi) is 3.38. The summed E-state index contributed by atoms with van der Waals surface area (Å²) in [5.41, 5.74) is 1.38. The first-order chi connectivity index (χ1) is 10.6. The monoisotopic (exact) mass is 299 g/mol. The van der Waals surface area contributed by atoms with Crippen LogP contribution >= 0.6 is 0 Å². The highest BCUT2D eigenvalue weighted by atomic mass is 16.5. The molecule has 22 heavy (non-hydrogen) atoms. The first kappa shape index (κ1) is 13.9. The van der Waals surface area contributed by atoms with E-state index in [1.54, 1.807) is 32.5 Å². The quantitative estimate of drug-likeness (QED) is 0.794. The van der Waals surface area contributed by atoms with E-state index in [9.17, 15) is 4.79 Å². The molecule has 2 heterocycles. The SMILES string of the molecule is COc1ccc(-c2nc3cc(C(=O)O)ccn3n2)cc1OC. The Morgan fingerprint density at radius 2 is 1.91 bits per heavy atom. The number of rotatable bonds is 4. The zero-order chi connectivity index (χ0) is 15.7. The van der Waals surface area contributed by atoms with Gasteiger partial charge in [-0.2, -0.15) is 0 Å². The molecule has 112 valence electrons. The molecule has 0 spiro atoms. The van der Waals surface area contributed by atoms with Crippen LogP contribution in [0.1, 0.15) is 10.4 Å². The van der Waals surface area contributed by atoms with Crippen LogP contribution in [-0.2, 0) is 0 Å². The van der Waals surface area contributed by atoms with E-state index in [4.69, 9.17) is 14.6 Å². The number of aromatic carboxylic acids is 1. The number of aromatic nitrogens is 3. The normalized spacial score (nSPS) is 10.6. The van der Waals surface area contributed by atoms with Gasteiger partial charge in [0.2, 0.25) is 0 Å². The molecule has 7 nitrogen and oxygen atoms in total. The number of carboxylic acids is 1. The highest BCUT2D eigenvalue weighted by Crippen LogP contribution is 2.31. The maximum absolute atomic E-state index is 11.0. The molecule has 0 bridgehead atoms. The van der Waals surface area contributed by atoms with Crippen molar-refractivity contribution in [1.29, 1.82) is 0 Å². The molecule has 3 aromatic rings. The number of hydrogen-bond acceptors (Lipinski definition) is 5. The highest BCUT2D eigenvalue weighted by molar-refractivity contribution is 5.88. The van der Waals surface area contributed by atoms with Gasteiger partial charge in [-0.25, -0.2) is 14.3 Å². The summed E-state index contributed by atoms with van der Waals surface area (Å²) in [6.45, 7) is 0. The maximum atomic E-state index is 11.0. The van der Waals surface area contributed by atoms with E-state index in [0.29, 0.717) is 23.0 Å². The standard InChI is InChI=1S/C15H13N3O4/c1-21-11-4-3-9(7-12(11)22-2)14-16-13-8-10(15(19)20)5-6-18(13)17-14/h3-8H,1-2H3,(H,19,20). The van der Waals surface area contributed by atoms with Crippen molar-refractivity contribution in [2.24, 2.45) is 0 Å². The molecule has 0 radical (unpaired) electrons. The number of hydrogen-bond donors (Lipinski definition) is 1. The van der Waals surface area contributed by atoms with Crippen molar-refractivity contribution < 1.29 is 19.4 Å². The second kappa shape index (κ2) is 5.36. The fourth-order valence-electron chi connectivity index (χ4n) is 2.11. The van der Waals surface area contributed by atoms with Crippen LogP contribution in [0.5, 0.6) is 11.5 Å². The summed E-state index contributed by atoms with van der Waals surface area (Å²) >= 11 is 0. The fourth-order valence-corrected chi connectivity index (χ4v) is 2.11. The lowest BCUT2D eigenvalue weighted by Gasteiger charge is -2.07. The van der Waals surface area contributed by atoms with Crippen molar-refractivity contribution in [1.82, 2.24) is 14.6 Å². The third-order valence-electron chi connectivity index (χ3n) is 3.23. The van der Waals surface area contributed by atoms with E-state index in [-0.39, 0.29) is 5.56 Å². The van der Waals surface area contributed by atoms with Crippen molar-refractivity contribution in [2.75, 3.05) is 14.2 Å². The van der Waals surface area contributed by atoms with Crippen molar-refractivity contribution in [3.8, 4) is 22.9 Å². The van der Waals surface area contributed by atoms with Gasteiger partial charge in [0.05, 0.1) is 19.8 Å². The van der Waals surface area contributed by atoms with Gasteiger partial charge in [0, 0.05) is 11.8 Å². The Balaban J connectivity index is 2.08. The van der Waals surface area contributed by atoms with Crippen LogP contribution in [0.2, 0.25) is 0 Å². The lowest BCUT2D eigenvalue weighted by atomic mass is 10.2. The topological polar surface area (TPSA) is 86.0 Å². The molecule has 0 unspecified atom stereocenters. The molecule has 0 aliphatic heterocycles. The molecule has 0 atom stereocenters. The van der Waals surface area contributed by atoms with Crippen LogP contribution in [0.3, 0.4) is 0 Å². The smallest absolute Gasteiger partial charge is 0.335 e. The van der Waals surface area contributed by atoms with Crippen LogP contribution < -0.4 is 9.47 Å². The average Bonchev–Trinajstić information content (AvgIpc) is 2.97. The molecule has 0 aliphatic rings. The van der Waals surface area contributed by atoms with E-state index >= 15 is 0 Å². The zero-order valence-corrected chi connectivity index (χ0v) is 12.0. The molecule has 1 N–H and O–H groups in total. The van der Waals surface area contributed by atoms with Crippen LogP contribution in [-0.4, -0.2) is 39.9 Å². The number of methoxy groups -OCH3 is 2. The van der Waals surface area contributed by atoms with Gasteiger partial charge in [0.15, 0.2) is 23.0 Å². The third kappa shape index (κ3) is 2.32. The van der Waals surface area contributed by atoms with E-state index in [1.807, 2.05) is 6.07 Å². The molecular formula is C15H13N3O4. The predicted molar refractivity (Wildman–Crippen MR) is 78.5 cm³/mol. The first-order valence-electron chi connectivity index (χ1n) is 6.44. The van der Waals surface area contributed by atoms with Crippen molar-refractivity contribution >= 4 is 11.6 Å². The van der Waals surface area contributed by atoms with E-state index < -0.39 is 5.97 Å². The second-order valence-electron chi connectivity index (χ2n) is 4.53. The van der Waals surface area contributed by atoms with Gasteiger partial charge >= 0.3 is 5.97 Å². The summed E-state index contributed by atoms with van der Waals surface area (Å²) in [6, 6.07) is 8.30. The van der Waals surface area contributed by atoms with E-state index in [2.05, 4.69) is 10.1 Å². The minimum Gasteiger partial charge on any atom is -0.493 e. The maximum Gasteiger partial charge on any atom is 0.335 e. The van der Waals surface area contributed by atoms with E-state index in [0.717, 1.165) is 5.56 Å². The number of pyridine rings is 1. The van der Waals surface area contributed by atoms with Gasteiger partial charge in [-0.1, -0.05) is 0 Å². The summed E-state index contributed by atoms with van der Waals surface area (Å²) in [6.07, 6.45) is 1.57. The van der Waals surface area contributed by atoms with E-state index in [1.165, 1.54) is 16.6 Å². The van der Waals surface area contributed by atoms with Crippen LogP contribution in [0.4, 0.5) is 0 Å². The Hall–Kier alpha value is -3.09. The minimum absolute atomic E-state index is 0.166. The van der Waals surface area contributed by atoms with Gasteiger partial charge in [-0.15, -0.1) is 5.10 Å². The van der Waals surface area contributed by atoms with Crippen LogP contribution in [0.15, 0.2) is 36.5 Å². The number of benzene rings is 1. The molecule has 0 saturated heterocycles. The van der Waals surface area contributed by atoms with Crippen molar-refractivity contribution in [3.05, 3.63) is 42.1 Å². The average molecular weight is 299 g/mol.